The van der Waals surface area contributed by atoms with Gasteiger partial charge in [0.05, 0.1) is 10.7 Å². The number of rotatable bonds is 7. The van der Waals surface area contributed by atoms with Crippen molar-refractivity contribution < 1.29 is 4.21 Å². The second kappa shape index (κ2) is 11.6. The van der Waals surface area contributed by atoms with Gasteiger partial charge < -0.3 is 4.90 Å². The van der Waals surface area contributed by atoms with Gasteiger partial charge in [0.15, 0.2) is 0 Å². The SMILES string of the molecule is C=C(C=C(Cl)C(=C(C)Cl)N1CCCC(CCS(=O)Cl)CCC1)CC. The van der Waals surface area contributed by atoms with E-state index in [1.165, 1.54) is 0 Å². The summed E-state index contributed by atoms with van der Waals surface area (Å²) in [7, 11) is 4.37. The van der Waals surface area contributed by atoms with Crippen molar-refractivity contribution in [3.8, 4) is 0 Å². The number of hydrogen-bond acceptors (Lipinski definition) is 2. The van der Waals surface area contributed by atoms with Crippen LogP contribution in [0.3, 0.4) is 0 Å². The molecule has 0 aromatic carbocycles. The molecule has 0 saturated carbocycles. The van der Waals surface area contributed by atoms with Crippen molar-refractivity contribution in [2.45, 2.75) is 52.4 Å². The molecule has 1 rings (SSSR count). The summed E-state index contributed by atoms with van der Waals surface area (Å²) >= 11 is 12.9. The van der Waals surface area contributed by atoms with Crippen molar-refractivity contribution in [1.82, 2.24) is 4.90 Å². The van der Waals surface area contributed by atoms with Gasteiger partial charge in [-0.3, -0.25) is 0 Å². The number of halogens is 3. The Morgan fingerprint density at radius 1 is 1.29 bits per heavy atom. The van der Waals surface area contributed by atoms with E-state index in [1.807, 2.05) is 13.0 Å². The smallest absolute Gasteiger partial charge is 0.114 e. The first kappa shape index (κ1) is 22.1. The molecule has 0 bridgehead atoms. The first-order chi connectivity index (χ1) is 11.3. The van der Waals surface area contributed by atoms with E-state index in [0.717, 1.165) is 67.9 Å². The summed E-state index contributed by atoms with van der Waals surface area (Å²) in [4.78, 5) is 2.29. The number of nitrogens with zero attached hydrogens (tertiary/aromatic N) is 1. The Labute approximate surface area is 163 Å². The lowest BCUT2D eigenvalue weighted by molar-refractivity contribution is 0.271. The molecule has 1 heterocycles. The highest BCUT2D eigenvalue weighted by Gasteiger charge is 2.20. The molecule has 1 aliphatic rings. The zero-order chi connectivity index (χ0) is 18.1. The third-order valence-corrected chi connectivity index (χ3v) is 5.91. The summed E-state index contributed by atoms with van der Waals surface area (Å²) in [5.74, 6) is 1.21. The standard InChI is InChI=1S/C18H28Cl3NOS/c1-4-14(2)13-17(20)18(15(3)19)22-10-5-7-16(8-6-11-22)9-12-24(21)23/h13,16H,2,4-12H2,1,3H3. The lowest BCUT2D eigenvalue weighted by Crippen LogP contribution is -2.29. The lowest BCUT2D eigenvalue weighted by Gasteiger charge is -2.32. The maximum absolute atomic E-state index is 11.1. The van der Waals surface area contributed by atoms with Gasteiger partial charge >= 0.3 is 0 Å². The average molecular weight is 413 g/mol. The zero-order valence-electron chi connectivity index (χ0n) is 14.6. The fourth-order valence-corrected chi connectivity index (χ4v) is 4.52. The van der Waals surface area contributed by atoms with Crippen LogP contribution in [0.1, 0.15) is 52.4 Å². The van der Waals surface area contributed by atoms with E-state index in [-0.39, 0.29) is 0 Å². The largest absolute Gasteiger partial charge is 0.369 e. The van der Waals surface area contributed by atoms with Gasteiger partial charge in [-0.05, 0) is 68.1 Å². The highest BCUT2D eigenvalue weighted by atomic mass is 35.7. The first-order valence-electron chi connectivity index (χ1n) is 8.56. The maximum atomic E-state index is 11.1. The van der Waals surface area contributed by atoms with Crippen LogP contribution in [-0.2, 0) is 10.0 Å². The van der Waals surface area contributed by atoms with Crippen LogP contribution in [0, 0.1) is 5.92 Å². The zero-order valence-corrected chi connectivity index (χ0v) is 17.7. The minimum Gasteiger partial charge on any atom is -0.369 e. The summed E-state index contributed by atoms with van der Waals surface area (Å²) in [6.07, 6.45) is 8.14. The Kier molecular flexibility index (Phi) is 10.7. The third-order valence-electron chi connectivity index (χ3n) is 4.42. The highest BCUT2D eigenvalue weighted by molar-refractivity contribution is 8.08. The molecule has 138 valence electrons. The van der Waals surface area contributed by atoms with Gasteiger partial charge in [-0.25, -0.2) is 4.21 Å². The Morgan fingerprint density at radius 3 is 2.33 bits per heavy atom. The molecule has 6 heteroatoms. The predicted octanol–water partition coefficient (Wildman–Crippen LogP) is 6.33. The molecule has 0 aromatic rings. The summed E-state index contributed by atoms with van der Waals surface area (Å²) in [5.41, 5.74) is 1.92. The van der Waals surface area contributed by atoms with E-state index >= 15 is 0 Å². The normalized spacial score (nSPS) is 20.2. The van der Waals surface area contributed by atoms with Gasteiger partial charge in [0, 0.05) is 23.9 Å². The fraction of sp³-hybridized carbons (Fsp3) is 0.667. The molecule has 1 unspecified atom stereocenters. The van der Waals surface area contributed by atoms with Crippen LogP contribution in [0.4, 0.5) is 0 Å². The monoisotopic (exact) mass is 411 g/mol. The minimum atomic E-state index is -1.21. The van der Waals surface area contributed by atoms with Gasteiger partial charge in [0.1, 0.15) is 10.0 Å². The molecule has 2 nitrogen and oxygen atoms in total. The summed E-state index contributed by atoms with van der Waals surface area (Å²) in [5, 5.41) is 1.39. The van der Waals surface area contributed by atoms with E-state index in [1.54, 1.807) is 0 Å². The molecule has 0 spiro atoms. The average Bonchev–Trinajstić information content (AvgIpc) is 2.47. The molecule has 0 aliphatic carbocycles. The second-order valence-corrected chi connectivity index (χ2v) is 9.30. The fourth-order valence-electron chi connectivity index (χ4n) is 3.05. The first-order valence-corrected chi connectivity index (χ1v) is 11.5. The second-order valence-electron chi connectivity index (χ2n) is 6.31. The number of hydrogen-bond donors (Lipinski definition) is 0. The molecule has 0 radical (unpaired) electrons. The number of likely N-dealkylation sites (tertiary alicyclic amines) is 1. The Bertz CT molecular complexity index is 502. The van der Waals surface area contributed by atoms with Crippen molar-refractivity contribution in [3.63, 3.8) is 0 Å². The van der Waals surface area contributed by atoms with Crippen LogP contribution in [0.5, 0.6) is 0 Å². The molecule has 0 amide bonds. The molecule has 1 aliphatic heterocycles. The van der Waals surface area contributed by atoms with E-state index < -0.39 is 10.0 Å². The summed E-state index contributed by atoms with van der Waals surface area (Å²) in [6.45, 7) is 9.81. The van der Waals surface area contributed by atoms with Crippen molar-refractivity contribution in [2.75, 3.05) is 18.8 Å². The topological polar surface area (TPSA) is 20.3 Å². The van der Waals surface area contributed by atoms with Crippen LogP contribution in [0.25, 0.3) is 0 Å². The van der Waals surface area contributed by atoms with Crippen LogP contribution >= 0.6 is 33.9 Å². The molecule has 24 heavy (non-hydrogen) atoms. The van der Waals surface area contributed by atoms with Gasteiger partial charge in [0.2, 0.25) is 0 Å². The Morgan fingerprint density at radius 2 is 1.88 bits per heavy atom. The molecule has 1 atom stereocenters. The van der Waals surface area contributed by atoms with Crippen LogP contribution < -0.4 is 0 Å². The van der Waals surface area contributed by atoms with E-state index in [2.05, 4.69) is 18.4 Å². The van der Waals surface area contributed by atoms with E-state index in [0.29, 0.717) is 16.7 Å². The predicted molar refractivity (Wildman–Crippen MR) is 109 cm³/mol. The molecule has 1 fully saturated rings. The van der Waals surface area contributed by atoms with Crippen molar-refractivity contribution in [2.24, 2.45) is 5.92 Å². The van der Waals surface area contributed by atoms with E-state index in [4.69, 9.17) is 33.9 Å². The van der Waals surface area contributed by atoms with Gasteiger partial charge in [0.25, 0.3) is 0 Å². The van der Waals surface area contributed by atoms with Crippen molar-refractivity contribution >= 4 is 43.9 Å². The molecule has 0 aromatic heterocycles. The summed E-state index contributed by atoms with van der Waals surface area (Å²) < 4.78 is 11.1. The van der Waals surface area contributed by atoms with Crippen LogP contribution in [0.2, 0.25) is 0 Å². The van der Waals surface area contributed by atoms with Crippen molar-refractivity contribution in [1.29, 1.82) is 0 Å². The molecular weight excluding hydrogens is 385 g/mol. The minimum absolute atomic E-state index is 0.593. The van der Waals surface area contributed by atoms with Crippen LogP contribution in [-0.4, -0.2) is 28.0 Å². The Balaban J connectivity index is 2.73. The Hall–Kier alpha value is 0.0400. The number of allylic oxidation sites excluding steroid dienone is 4. The molecule has 1 saturated heterocycles. The van der Waals surface area contributed by atoms with E-state index in [9.17, 15) is 4.21 Å². The highest BCUT2D eigenvalue weighted by Crippen LogP contribution is 2.30. The van der Waals surface area contributed by atoms with Gasteiger partial charge in [-0.2, -0.15) is 0 Å². The molecule has 0 N–H and O–H groups in total. The van der Waals surface area contributed by atoms with Gasteiger partial charge in [-0.1, -0.05) is 42.3 Å². The van der Waals surface area contributed by atoms with Crippen LogP contribution in [0.15, 0.2) is 34.0 Å². The summed E-state index contributed by atoms with van der Waals surface area (Å²) in [6, 6.07) is 0. The molecular formula is C18H28Cl3NOS. The van der Waals surface area contributed by atoms with Crippen molar-refractivity contribution in [3.05, 3.63) is 34.0 Å². The maximum Gasteiger partial charge on any atom is 0.114 e. The van der Waals surface area contributed by atoms with Gasteiger partial charge in [-0.15, -0.1) is 0 Å². The lowest BCUT2D eigenvalue weighted by atomic mass is 9.93. The quantitative estimate of drug-likeness (QED) is 0.359. The third kappa shape index (κ3) is 7.95.